The number of ether oxygens (including phenoxy) is 2. The number of nitrogen functional groups attached to an aromatic ring is 1. The molecule has 9 nitrogen and oxygen atoms in total. The van der Waals surface area contributed by atoms with Gasteiger partial charge in [0.05, 0.1) is 13.2 Å². The first-order valence-corrected chi connectivity index (χ1v) is 10.2. The van der Waals surface area contributed by atoms with Crippen molar-refractivity contribution in [3.8, 4) is 0 Å². The summed E-state index contributed by atoms with van der Waals surface area (Å²) in [6.07, 6.45) is -5.05. The molecular weight excluding hydrogens is 384 g/mol. The van der Waals surface area contributed by atoms with Gasteiger partial charge in [0.15, 0.2) is 6.23 Å². The topological polar surface area (TPSA) is 126 Å². The van der Waals surface area contributed by atoms with E-state index < -0.39 is 36.3 Å². The van der Waals surface area contributed by atoms with Gasteiger partial charge in [0.25, 0.3) is 0 Å². The highest BCUT2D eigenvalue weighted by Crippen LogP contribution is 2.57. The predicted octanol–water partition coefficient (Wildman–Crippen LogP) is 1.26. The summed E-state index contributed by atoms with van der Waals surface area (Å²) in [4.78, 5) is 15.6. The largest absolute Gasteiger partial charge is 0.387 e. The highest BCUT2D eigenvalue weighted by atomic mass is 35.9. The maximum Gasteiger partial charge on any atom is 0.380 e. The first-order valence-electron chi connectivity index (χ1n) is 6.77. The molecule has 1 aromatic rings. The van der Waals surface area contributed by atoms with Crippen LogP contribution in [0.15, 0.2) is 29.7 Å². The van der Waals surface area contributed by atoms with Gasteiger partial charge in [-0.1, -0.05) is 6.08 Å². The van der Waals surface area contributed by atoms with Crippen LogP contribution in [0.2, 0.25) is 0 Å². The number of nitrogens with zero attached hydrogens (tertiary/aromatic N) is 2. The Morgan fingerprint density at radius 3 is 2.88 bits per heavy atom. The summed E-state index contributed by atoms with van der Waals surface area (Å²) in [5.41, 5.74) is 4.77. The molecule has 1 aliphatic heterocycles. The standard InChI is InChI=1S/C12H16Cl2N3O6P/c1-2-5-21-10-9(18)7(6-22-24(13,14)20)23-11(10)17-4-3-8(15)16-12(17)19/h2-4,7,9-11,18H,1,5-6H2,(H2,15,16,19)/t7-,9-,10+,11-/m1/s1. The molecule has 0 aliphatic carbocycles. The minimum absolute atomic E-state index is 0.0449. The Morgan fingerprint density at radius 2 is 2.29 bits per heavy atom. The minimum atomic E-state index is -3.79. The summed E-state index contributed by atoms with van der Waals surface area (Å²) < 4.78 is 28.2. The Kier molecular flexibility index (Phi) is 6.44. The molecule has 4 atom stereocenters. The number of aromatic nitrogens is 2. The molecule has 134 valence electrons. The van der Waals surface area contributed by atoms with Crippen molar-refractivity contribution in [1.29, 1.82) is 0 Å². The molecule has 3 N–H and O–H groups in total. The van der Waals surface area contributed by atoms with E-state index >= 15 is 0 Å². The smallest absolute Gasteiger partial charge is 0.380 e. The number of hydrogen-bond donors (Lipinski definition) is 2. The summed E-state index contributed by atoms with van der Waals surface area (Å²) in [6.45, 7) is 3.27. The maximum absolute atomic E-state index is 12.0. The average molecular weight is 400 g/mol. The van der Waals surface area contributed by atoms with E-state index in [-0.39, 0.29) is 19.0 Å². The molecule has 1 aromatic heterocycles. The van der Waals surface area contributed by atoms with Crippen LogP contribution in [0.25, 0.3) is 0 Å². The van der Waals surface area contributed by atoms with E-state index in [0.717, 1.165) is 4.57 Å². The van der Waals surface area contributed by atoms with Gasteiger partial charge in [-0.3, -0.25) is 9.13 Å². The number of nitrogens with two attached hydrogens (primary N) is 1. The summed E-state index contributed by atoms with van der Waals surface area (Å²) in [6, 6.07) is 1.40. The second-order valence-corrected chi connectivity index (χ2v) is 9.17. The van der Waals surface area contributed by atoms with E-state index in [0.29, 0.717) is 0 Å². The molecule has 12 heteroatoms. The van der Waals surface area contributed by atoms with Gasteiger partial charge >= 0.3 is 11.8 Å². The third kappa shape index (κ3) is 4.80. The molecule has 0 radical (unpaired) electrons. The zero-order valence-electron chi connectivity index (χ0n) is 12.3. The Bertz CT molecular complexity index is 696. The van der Waals surface area contributed by atoms with E-state index in [9.17, 15) is 14.5 Å². The van der Waals surface area contributed by atoms with Gasteiger partial charge in [0.2, 0.25) is 0 Å². The molecule has 0 saturated carbocycles. The minimum Gasteiger partial charge on any atom is -0.387 e. The molecule has 0 amide bonds. The van der Waals surface area contributed by atoms with Crippen molar-refractivity contribution in [2.24, 2.45) is 0 Å². The van der Waals surface area contributed by atoms with Crippen molar-refractivity contribution in [3.05, 3.63) is 35.4 Å². The van der Waals surface area contributed by atoms with Crippen molar-refractivity contribution < 1.29 is 23.7 Å². The van der Waals surface area contributed by atoms with Crippen LogP contribution < -0.4 is 11.4 Å². The Labute approximate surface area is 147 Å². The molecule has 0 bridgehead atoms. The Hall–Kier alpha value is -0.930. The van der Waals surface area contributed by atoms with E-state index in [2.05, 4.69) is 11.6 Å². The van der Waals surface area contributed by atoms with Gasteiger partial charge in [-0.15, -0.1) is 6.58 Å². The van der Waals surface area contributed by atoms with Crippen molar-refractivity contribution in [1.82, 2.24) is 9.55 Å². The molecule has 0 aromatic carbocycles. The van der Waals surface area contributed by atoms with Gasteiger partial charge < -0.3 is 24.8 Å². The van der Waals surface area contributed by atoms with E-state index in [1.165, 1.54) is 18.3 Å². The molecule has 24 heavy (non-hydrogen) atoms. The van der Waals surface area contributed by atoms with Crippen molar-refractivity contribution in [3.63, 3.8) is 0 Å². The lowest BCUT2D eigenvalue weighted by Crippen LogP contribution is -2.38. The zero-order chi connectivity index (χ0) is 17.9. The van der Waals surface area contributed by atoms with Crippen LogP contribution in [-0.2, 0) is 18.6 Å². The molecule has 2 heterocycles. The molecule has 1 aliphatic rings. The molecule has 2 rings (SSSR count). The fraction of sp³-hybridized carbons (Fsp3) is 0.500. The van der Waals surface area contributed by atoms with Gasteiger partial charge in [-0.2, -0.15) is 4.98 Å². The molecule has 1 fully saturated rings. The molecule has 0 unspecified atom stereocenters. The van der Waals surface area contributed by atoms with Gasteiger partial charge in [-0.05, 0) is 28.5 Å². The van der Waals surface area contributed by atoms with Gasteiger partial charge in [-0.25, -0.2) is 4.79 Å². The van der Waals surface area contributed by atoms with Gasteiger partial charge in [0, 0.05) is 6.20 Å². The van der Waals surface area contributed by atoms with Crippen molar-refractivity contribution in [2.45, 2.75) is 24.5 Å². The number of hydrogen-bond acceptors (Lipinski definition) is 8. The van der Waals surface area contributed by atoms with Crippen LogP contribution in [0.1, 0.15) is 6.23 Å². The van der Waals surface area contributed by atoms with E-state index in [1.807, 2.05) is 0 Å². The second-order valence-electron chi connectivity index (χ2n) is 4.89. The van der Waals surface area contributed by atoms with Crippen LogP contribution >= 0.6 is 28.6 Å². The fourth-order valence-electron chi connectivity index (χ4n) is 2.22. The number of aliphatic hydroxyl groups excluding tert-OH is 1. The highest BCUT2D eigenvalue weighted by Gasteiger charge is 2.46. The second kappa shape index (κ2) is 7.97. The van der Waals surface area contributed by atoms with E-state index in [1.54, 1.807) is 0 Å². The third-order valence-electron chi connectivity index (χ3n) is 3.23. The summed E-state index contributed by atoms with van der Waals surface area (Å²) in [7, 11) is 0. The SMILES string of the molecule is C=CCO[C@H]1[C@H](O)[C@@H](COP(=O)(Cl)Cl)O[C@H]1n1ccc(N)nc1=O. The maximum atomic E-state index is 12.0. The quantitative estimate of drug-likeness (QED) is 0.518. The molecule has 1 saturated heterocycles. The summed E-state index contributed by atoms with van der Waals surface area (Å²) in [5, 5.41) is 10.3. The van der Waals surface area contributed by atoms with Crippen LogP contribution in [0.3, 0.4) is 0 Å². The zero-order valence-corrected chi connectivity index (χ0v) is 14.7. The highest BCUT2D eigenvalue weighted by molar-refractivity contribution is 8.05. The predicted molar refractivity (Wildman–Crippen MR) is 88.0 cm³/mol. The first kappa shape index (κ1) is 19.4. The normalized spacial score (nSPS) is 27.3. The van der Waals surface area contributed by atoms with Crippen LogP contribution in [0.5, 0.6) is 0 Å². The molecule has 0 spiro atoms. The fourth-order valence-corrected chi connectivity index (χ4v) is 2.88. The Balaban J connectivity index is 2.24. The van der Waals surface area contributed by atoms with E-state index in [4.69, 9.17) is 42.2 Å². The van der Waals surface area contributed by atoms with Crippen molar-refractivity contribution >= 4 is 34.4 Å². The number of aliphatic hydroxyl groups is 1. The van der Waals surface area contributed by atoms with Crippen LogP contribution in [0.4, 0.5) is 5.82 Å². The van der Waals surface area contributed by atoms with Crippen LogP contribution in [-0.4, -0.2) is 46.2 Å². The third-order valence-corrected chi connectivity index (χ3v) is 4.27. The average Bonchev–Trinajstić information content (AvgIpc) is 2.78. The number of anilines is 1. The summed E-state index contributed by atoms with van der Waals surface area (Å²) in [5.74, 6) is 0.0449. The summed E-state index contributed by atoms with van der Waals surface area (Å²) >= 11 is 10.6. The van der Waals surface area contributed by atoms with Gasteiger partial charge in [0.1, 0.15) is 24.1 Å². The van der Waals surface area contributed by atoms with Crippen LogP contribution in [0, 0.1) is 0 Å². The Morgan fingerprint density at radius 1 is 1.58 bits per heavy atom. The molecular formula is C12H16Cl2N3O6P. The lowest BCUT2D eigenvalue weighted by molar-refractivity contribution is -0.0667. The number of rotatable bonds is 7. The lowest BCUT2D eigenvalue weighted by atomic mass is 10.1. The number of halogens is 2. The lowest BCUT2D eigenvalue weighted by Gasteiger charge is -2.21. The first-order chi connectivity index (χ1) is 11.2. The monoisotopic (exact) mass is 399 g/mol. The van der Waals surface area contributed by atoms with Crippen molar-refractivity contribution in [2.75, 3.05) is 18.9 Å².